The first-order chi connectivity index (χ1) is 26.3. The molecule has 1 saturated carbocycles. The van der Waals surface area contributed by atoms with Crippen LogP contribution in [-0.2, 0) is 31.0 Å². The van der Waals surface area contributed by atoms with Crippen molar-refractivity contribution < 1.29 is 34.2 Å². The number of nitrogens with zero attached hydrogens (tertiary/aromatic N) is 4. The molecule has 4 heterocycles. The molecule has 4 aliphatic rings. The quantitative estimate of drug-likeness (QED) is 0.130. The van der Waals surface area contributed by atoms with Crippen LogP contribution in [0.25, 0.3) is 31.4 Å². The van der Waals surface area contributed by atoms with Gasteiger partial charge in [0.15, 0.2) is 0 Å². The fourth-order valence-corrected chi connectivity index (χ4v) is 11.3. The van der Waals surface area contributed by atoms with Crippen LogP contribution in [0.15, 0.2) is 72.3 Å². The number of hydrogen-bond donors (Lipinski definition) is 2. The third-order valence-corrected chi connectivity index (χ3v) is 14.1. The van der Waals surface area contributed by atoms with Crippen molar-refractivity contribution in [3.05, 3.63) is 88.5 Å². The standard InChI is InChI=1S/C42H37ClN4O7S/c1-20-27-17-21(43)10-15-32(27)55-37(20)30-19-33(45(3)44-30)47-39(52)29-18-28-25(11-12-26-35(28)40(53)46(38(26)51)16-6-9-34(49)50)36(42(29,2)41(47)54)24-13-14-31(48)23-8-5-4-7-22(23)24/h4-5,7-8,10-11,13-15,17,19,26,28-29,35-36,48H,6,9,12,16,18H2,1-3H3,(H,49,50)/t26-,28+,29-,35-,36-,42+/m0/s1. The number of halogens is 1. The number of likely N-dealkylation sites (tertiary alicyclic amines) is 1. The summed E-state index contributed by atoms with van der Waals surface area (Å²) < 4.78 is 2.60. The number of amides is 4. The lowest BCUT2D eigenvalue weighted by molar-refractivity contribution is -0.142. The zero-order valence-corrected chi connectivity index (χ0v) is 31.9. The van der Waals surface area contributed by atoms with Crippen molar-refractivity contribution in [1.29, 1.82) is 0 Å². The summed E-state index contributed by atoms with van der Waals surface area (Å²) in [5, 5.41) is 27.9. The average Bonchev–Trinajstić information content (AvgIpc) is 3.83. The fraction of sp³-hybridized carbons (Fsp3) is 0.333. The second-order valence-corrected chi connectivity index (χ2v) is 16.9. The maximum absolute atomic E-state index is 15.2. The average molecular weight is 777 g/mol. The van der Waals surface area contributed by atoms with Gasteiger partial charge >= 0.3 is 5.97 Å². The minimum atomic E-state index is -1.30. The van der Waals surface area contributed by atoms with Crippen LogP contribution in [0.4, 0.5) is 5.82 Å². The lowest BCUT2D eigenvalue weighted by atomic mass is 9.51. The number of thiophene rings is 1. The number of benzene rings is 3. The maximum atomic E-state index is 15.2. The summed E-state index contributed by atoms with van der Waals surface area (Å²) >= 11 is 7.88. The Labute approximate surface area is 324 Å². The summed E-state index contributed by atoms with van der Waals surface area (Å²) in [6.07, 6.45) is 2.42. The summed E-state index contributed by atoms with van der Waals surface area (Å²) in [4.78, 5) is 72.7. The molecule has 11 nitrogen and oxygen atoms in total. The van der Waals surface area contributed by atoms with E-state index in [2.05, 4.69) is 0 Å². The van der Waals surface area contributed by atoms with E-state index in [9.17, 15) is 29.4 Å². The van der Waals surface area contributed by atoms with Gasteiger partial charge in [0.05, 0.1) is 28.0 Å². The van der Waals surface area contributed by atoms with Gasteiger partial charge in [0, 0.05) is 47.1 Å². The number of hydrogen-bond acceptors (Lipinski definition) is 8. The van der Waals surface area contributed by atoms with E-state index in [4.69, 9.17) is 16.7 Å². The monoisotopic (exact) mass is 776 g/mol. The van der Waals surface area contributed by atoms with Gasteiger partial charge in [-0.3, -0.25) is 33.6 Å². The van der Waals surface area contributed by atoms with Crippen molar-refractivity contribution in [3.8, 4) is 16.3 Å². The Kier molecular flexibility index (Phi) is 8.11. The van der Waals surface area contributed by atoms with Crippen LogP contribution in [0, 0.1) is 36.0 Å². The maximum Gasteiger partial charge on any atom is 0.303 e. The van der Waals surface area contributed by atoms with E-state index in [-0.39, 0.29) is 55.7 Å². The molecule has 0 unspecified atom stereocenters. The SMILES string of the molecule is Cc1c(-c2cc(N3C(=O)[C@@H]4C[C@@H]5C(=CC[C@@H]6C(=O)N(CCCC(=O)O)C(=O)[C@@H]65)[C@H](c5ccc(O)c6ccccc56)[C@]4(C)C3=O)n(C)n2)sc2ccc(Cl)cc12. The smallest absolute Gasteiger partial charge is 0.303 e. The number of allylic oxidation sites excluding steroid dienone is 2. The van der Waals surface area contributed by atoms with Gasteiger partial charge in [-0.2, -0.15) is 5.10 Å². The minimum absolute atomic E-state index is 0.00647. The molecule has 2 saturated heterocycles. The summed E-state index contributed by atoms with van der Waals surface area (Å²) in [6, 6.07) is 18.3. The van der Waals surface area contributed by atoms with Crippen molar-refractivity contribution in [2.24, 2.45) is 36.1 Å². The Morgan fingerprint density at radius 1 is 0.982 bits per heavy atom. The number of imide groups is 2. The van der Waals surface area contributed by atoms with Gasteiger partial charge < -0.3 is 10.2 Å². The molecule has 3 aromatic carbocycles. The first-order valence-corrected chi connectivity index (χ1v) is 19.6. The van der Waals surface area contributed by atoms with Crippen molar-refractivity contribution in [2.75, 3.05) is 11.4 Å². The van der Waals surface area contributed by atoms with Crippen molar-refractivity contribution in [2.45, 2.75) is 45.4 Å². The zero-order chi connectivity index (χ0) is 38.7. The third kappa shape index (κ3) is 5.07. The number of anilines is 1. The molecule has 2 aromatic heterocycles. The minimum Gasteiger partial charge on any atom is -0.507 e. The molecule has 280 valence electrons. The summed E-state index contributed by atoms with van der Waals surface area (Å²) in [5.41, 5.74) is 1.89. The highest BCUT2D eigenvalue weighted by atomic mass is 35.5. The molecular weight excluding hydrogens is 740 g/mol. The highest BCUT2D eigenvalue weighted by Crippen LogP contribution is 2.64. The van der Waals surface area contributed by atoms with Crippen LogP contribution in [0.1, 0.15) is 49.7 Å². The molecule has 55 heavy (non-hydrogen) atoms. The number of aromatic nitrogens is 2. The number of fused-ring (bicyclic) bond motifs is 6. The number of rotatable bonds is 7. The number of aliphatic carboxylic acids is 1. The molecule has 4 amide bonds. The van der Waals surface area contributed by atoms with Crippen LogP contribution < -0.4 is 4.90 Å². The third-order valence-electron chi connectivity index (χ3n) is 12.6. The van der Waals surface area contributed by atoms with Gasteiger partial charge in [0.1, 0.15) is 17.3 Å². The van der Waals surface area contributed by atoms with Gasteiger partial charge in [-0.15, -0.1) is 11.3 Å². The molecule has 2 aliphatic heterocycles. The zero-order valence-electron chi connectivity index (χ0n) is 30.3. The number of carboxylic acids is 1. The van der Waals surface area contributed by atoms with E-state index in [0.717, 1.165) is 37.0 Å². The molecule has 3 fully saturated rings. The highest BCUT2D eigenvalue weighted by Gasteiger charge is 2.68. The number of aromatic hydroxyl groups is 1. The van der Waals surface area contributed by atoms with E-state index in [0.29, 0.717) is 21.9 Å². The first-order valence-electron chi connectivity index (χ1n) is 18.4. The Morgan fingerprint density at radius 3 is 2.51 bits per heavy atom. The number of aryl methyl sites for hydroxylation is 2. The largest absolute Gasteiger partial charge is 0.507 e. The fourth-order valence-electron chi connectivity index (χ4n) is 10.0. The molecule has 0 spiro atoms. The Morgan fingerprint density at radius 2 is 1.75 bits per heavy atom. The normalized spacial score (nSPS) is 26.2. The molecule has 0 radical (unpaired) electrons. The molecule has 5 aromatic rings. The number of phenolic OH excluding ortho intramolecular Hbond substituents is 1. The molecule has 2 aliphatic carbocycles. The molecular formula is C42H37ClN4O7S. The van der Waals surface area contributed by atoms with Crippen LogP contribution in [0.3, 0.4) is 0 Å². The van der Waals surface area contributed by atoms with E-state index in [1.165, 1.54) is 9.80 Å². The van der Waals surface area contributed by atoms with Gasteiger partial charge in [0.2, 0.25) is 23.6 Å². The van der Waals surface area contributed by atoms with Crippen molar-refractivity contribution in [3.63, 3.8) is 0 Å². The lowest BCUT2D eigenvalue weighted by Crippen LogP contribution is -2.49. The van der Waals surface area contributed by atoms with Crippen molar-refractivity contribution >= 4 is 79.2 Å². The lowest BCUT2D eigenvalue weighted by Gasteiger charge is -2.49. The van der Waals surface area contributed by atoms with E-state index < -0.39 is 46.9 Å². The van der Waals surface area contributed by atoms with E-state index in [1.807, 2.05) is 62.4 Å². The molecule has 13 heteroatoms. The predicted octanol–water partition coefficient (Wildman–Crippen LogP) is 7.22. The van der Waals surface area contributed by atoms with Crippen molar-refractivity contribution in [1.82, 2.24) is 14.7 Å². The van der Waals surface area contributed by atoms with Gasteiger partial charge in [0.25, 0.3) is 0 Å². The first kappa shape index (κ1) is 35.4. The molecule has 0 bridgehead atoms. The van der Waals surface area contributed by atoms with Crippen LogP contribution in [-0.4, -0.2) is 61.0 Å². The summed E-state index contributed by atoms with van der Waals surface area (Å²) in [6.45, 7) is 3.84. The Hall–Kier alpha value is -5.33. The summed E-state index contributed by atoms with van der Waals surface area (Å²) in [7, 11) is 1.71. The van der Waals surface area contributed by atoms with Crippen LogP contribution >= 0.6 is 22.9 Å². The topological polar surface area (TPSA) is 150 Å². The van der Waals surface area contributed by atoms with Crippen LogP contribution in [0.2, 0.25) is 5.02 Å². The van der Waals surface area contributed by atoms with Gasteiger partial charge in [-0.05, 0) is 85.2 Å². The van der Waals surface area contributed by atoms with Gasteiger partial charge in [-0.1, -0.05) is 53.6 Å². The second-order valence-electron chi connectivity index (χ2n) is 15.4. The van der Waals surface area contributed by atoms with E-state index >= 15 is 4.79 Å². The van der Waals surface area contributed by atoms with Gasteiger partial charge in [-0.25, -0.2) is 4.90 Å². The second kappa shape index (κ2) is 12.6. The number of carbonyl (C=O) groups excluding carboxylic acids is 4. The summed E-state index contributed by atoms with van der Waals surface area (Å²) in [5.74, 6) is -5.51. The van der Waals surface area contributed by atoms with Crippen LogP contribution in [0.5, 0.6) is 5.75 Å². The molecule has 2 N–H and O–H groups in total. The Bertz CT molecular complexity index is 2570. The number of carbonyl (C=O) groups is 5. The number of phenols is 1. The molecule has 9 rings (SSSR count). The Balaban J connectivity index is 1.17. The molecule has 6 atom stereocenters. The predicted molar refractivity (Wildman–Crippen MR) is 208 cm³/mol. The van der Waals surface area contributed by atoms with E-state index in [1.54, 1.807) is 41.3 Å². The highest BCUT2D eigenvalue weighted by molar-refractivity contribution is 7.22. The number of carboxylic acid groups (broad SMARTS) is 1.